The maximum absolute atomic E-state index is 12.7. The number of sulfonamides is 1. The average Bonchev–Trinajstić information content (AvgIpc) is 2.75. The molecule has 1 fully saturated rings. The second-order valence-corrected chi connectivity index (χ2v) is 8.66. The van der Waals surface area contributed by atoms with Crippen molar-refractivity contribution in [3.05, 3.63) is 72.3 Å². The van der Waals surface area contributed by atoms with Crippen molar-refractivity contribution in [2.24, 2.45) is 0 Å². The molecule has 1 aliphatic rings. The first kappa shape index (κ1) is 19.4. The normalized spacial score (nSPS) is 14.7. The highest BCUT2D eigenvalue weighted by atomic mass is 32.2. The van der Waals surface area contributed by atoms with Gasteiger partial charge in [-0.1, -0.05) is 42.5 Å². The van der Waals surface area contributed by atoms with Crippen molar-refractivity contribution in [2.45, 2.75) is 11.3 Å². The van der Waals surface area contributed by atoms with Gasteiger partial charge in [0.25, 0.3) is 10.0 Å². The number of rotatable bonds is 5. The van der Waals surface area contributed by atoms with Crippen LogP contribution in [0.25, 0.3) is 10.8 Å². The summed E-state index contributed by atoms with van der Waals surface area (Å²) in [5.41, 5.74) is 1.30. The molecule has 0 aliphatic carbocycles. The SMILES string of the molecule is O=C(Cc1ccc(NS(=O)(=O)c2ccc3ccccc3c2)cc1)N1CCOCC1. The molecule has 3 aromatic carbocycles. The molecule has 1 heterocycles. The summed E-state index contributed by atoms with van der Waals surface area (Å²) in [5.74, 6) is 0.0535. The van der Waals surface area contributed by atoms with Crippen LogP contribution in [-0.2, 0) is 26.0 Å². The summed E-state index contributed by atoms with van der Waals surface area (Å²) >= 11 is 0. The minimum absolute atomic E-state index is 0.0535. The van der Waals surface area contributed by atoms with E-state index in [-0.39, 0.29) is 17.2 Å². The van der Waals surface area contributed by atoms with Gasteiger partial charge in [0.05, 0.1) is 24.5 Å². The number of hydrogen-bond donors (Lipinski definition) is 1. The summed E-state index contributed by atoms with van der Waals surface area (Å²) in [6.45, 7) is 2.37. The number of ether oxygens (including phenoxy) is 1. The molecular formula is C22H22N2O4S. The Hall–Kier alpha value is -2.90. The fraction of sp³-hybridized carbons (Fsp3) is 0.227. The van der Waals surface area contributed by atoms with E-state index in [9.17, 15) is 13.2 Å². The van der Waals surface area contributed by atoms with Crippen molar-refractivity contribution in [3.8, 4) is 0 Å². The van der Waals surface area contributed by atoms with Gasteiger partial charge in [0.15, 0.2) is 0 Å². The number of carbonyl (C=O) groups excluding carboxylic acids is 1. The van der Waals surface area contributed by atoms with Crippen LogP contribution in [-0.4, -0.2) is 45.5 Å². The van der Waals surface area contributed by atoms with Gasteiger partial charge in [0.1, 0.15) is 0 Å². The average molecular weight is 410 g/mol. The highest BCUT2D eigenvalue weighted by Gasteiger charge is 2.18. The van der Waals surface area contributed by atoms with Crippen LogP contribution in [0.4, 0.5) is 5.69 Å². The van der Waals surface area contributed by atoms with E-state index in [1.54, 1.807) is 47.4 Å². The number of hydrogen-bond acceptors (Lipinski definition) is 4. The van der Waals surface area contributed by atoms with E-state index in [2.05, 4.69) is 4.72 Å². The molecule has 1 aliphatic heterocycles. The van der Waals surface area contributed by atoms with Crippen LogP contribution in [0.3, 0.4) is 0 Å². The van der Waals surface area contributed by atoms with E-state index in [4.69, 9.17) is 4.74 Å². The zero-order valence-electron chi connectivity index (χ0n) is 15.9. The molecule has 0 spiro atoms. The topological polar surface area (TPSA) is 75.7 Å². The lowest BCUT2D eigenvalue weighted by Crippen LogP contribution is -2.41. The Balaban J connectivity index is 1.45. The monoisotopic (exact) mass is 410 g/mol. The van der Waals surface area contributed by atoms with Crippen LogP contribution in [0.1, 0.15) is 5.56 Å². The van der Waals surface area contributed by atoms with E-state index >= 15 is 0 Å². The molecule has 0 unspecified atom stereocenters. The highest BCUT2D eigenvalue weighted by Crippen LogP contribution is 2.22. The maximum Gasteiger partial charge on any atom is 0.261 e. The number of fused-ring (bicyclic) bond motifs is 1. The number of nitrogens with one attached hydrogen (secondary N) is 1. The van der Waals surface area contributed by atoms with E-state index in [0.29, 0.717) is 32.0 Å². The number of benzene rings is 3. The predicted molar refractivity (Wildman–Crippen MR) is 112 cm³/mol. The predicted octanol–water partition coefficient (Wildman–Crippen LogP) is 3.04. The molecule has 1 amide bonds. The van der Waals surface area contributed by atoms with Crippen molar-refractivity contribution in [1.29, 1.82) is 0 Å². The number of amides is 1. The van der Waals surface area contributed by atoms with E-state index in [1.165, 1.54) is 0 Å². The Kier molecular flexibility index (Phi) is 5.51. The second-order valence-electron chi connectivity index (χ2n) is 6.98. The largest absolute Gasteiger partial charge is 0.378 e. The molecule has 0 radical (unpaired) electrons. The highest BCUT2D eigenvalue weighted by molar-refractivity contribution is 7.92. The Morgan fingerprint density at radius 3 is 2.34 bits per heavy atom. The smallest absolute Gasteiger partial charge is 0.261 e. The van der Waals surface area contributed by atoms with E-state index < -0.39 is 10.0 Å². The van der Waals surface area contributed by atoms with Crippen LogP contribution in [0.15, 0.2) is 71.6 Å². The molecule has 4 rings (SSSR count). The fourth-order valence-corrected chi connectivity index (χ4v) is 4.43. The first-order chi connectivity index (χ1) is 14.0. The molecule has 0 aromatic heterocycles. The summed E-state index contributed by atoms with van der Waals surface area (Å²) in [5, 5.41) is 1.85. The molecule has 7 heteroatoms. The van der Waals surface area contributed by atoms with Gasteiger partial charge in [0.2, 0.25) is 5.91 Å². The van der Waals surface area contributed by atoms with Crippen LogP contribution in [0.5, 0.6) is 0 Å². The number of anilines is 1. The van der Waals surface area contributed by atoms with Gasteiger partial charge in [-0.05, 0) is 40.6 Å². The Morgan fingerprint density at radius 2 is 1.62 bits per heavy atom. The quantitative estimate of drug-likeness (QED) is 0.702. The zero-order valence-corrected chi connectivity index (χ0v) is 16.7. The Bertz CT molecular complexity index is 1120. The minimum atomic E-state index is -3.70. The van der Waals surface area contributed by atoms with Crippen molar-refractivity contribution in [3.63, 3.8) is 0 Å². The maximum atomic E-state index is 12.7. The second kappa shape index (κ2) is 8.23. The van der Waals surface area contributed by atoms with Crippen LogP contribution >= 0.6 is 0 Å². The third-order valence-electron chi connectivity index (χ3n) is 4.96. The van der Waals surface area contributed by atoms with Gasteiger partial charge in [-0.15, -0.1) is 0 Å². The Morgan fingerprint density at radius 1 is 0.931 bits per heavy atom. The lowest BCUT2D eigenvalue weighted by atomic mass is 10.1. The van der Waals surface area contributed by atoms with E-state index in [1.807, 2.05) is 24.3 Å². The lowest BCUT2D eigenvalue weighted by molar-refractivity contribution is -0.134. The number of morpholine rings is 1. The summed E-state index contributed by atoms with van der Waals surface area (Å²) in [4.78, 5) is 14.3. The van der Waals surface area contributed by atoms with Gasteiger partial charge < -0.3 is 9.64 Å². The van der Waals surface area contributed by atoms with Crippen LogP contribution < -0.4 is 4.72 Å². The molecule has 3 aromatic rings. The summed E-state index contributed by atoms with van der Waals surface area (Å²) in [7, 11) is -3.70. The molecule has 150 valence electrons. The lowest BCUT2D eigenvalue weighted by Gasteiger charge is -2.26. The van der Waals surface area contributed by atoms with Gasteiger partial charge in [-0.2, -0.15) is 0 Å². The van der Waals surface area contributed by atoms with Crippen molar-refractivity contribution < 1.29 is 17.9 Å². The first-order valence-corrected chi connectivity index (χ1v) is 11.0. The number of carbonyl (C=O) groups is 1. The summed E-state index contributed by atoms with van der Waals surface area (Å²) in [6.07, 6.45) is 0.289. The molecule has 1 saturated heterocycles. The molecule has 6 nitrogen and oxygen atoms in total. The Labute approximate surface area is 170 Å². The van der Waals surface area contributed by atoms with Crippen molar-refractivity contribution in [2.75, 3.05) is 31.0 Å². The zero-order chi connectivity index (χ0) is 20.3. The van der Waals surface area contributed by atoms with Crippen molar-refractivity contribution >= 4 is 32.4 Å². The minimum Gasteiger partial charge on any atom is -0.378 e. The van der Waals surface area contributed by atoms with Crippen LogP contribution in [0.2, 0.25) is 0 Å². The van der Waals surface area contributed by atoms with Crippen molar-refractivity contribution in [1.82, 2.24) is 4.90 Å². The third-order valence-corrected chi connectivity index (χ3v) is 6.34. The van der Waals surface area contributed by atoms with Crippen LogP contribution in [0, 0.1) is 0 Å². The molecule has 0 atom stereocenters. The third kappa shape index (κ3) is 4.58. The molecule has 29 heavy (non-hydrogen) atoms. The van der Waals surface area contributed by atoms with Gasteiger partial charge >= 0.3 is 0 Å². The molecular weight excluding hydrogens is 388 g/mol. The molecule has 1 N–H and O–H groups in total. The van der Waals surface area contributed by atoms with Gasteiger partial charge in [0, 0.05) is 18.8 Å². The summed E-state index contributed by atoms with van der Waals surface area (Å²) < 4.78 is 33.3. The molecule has 0 saturated carbocycles. The van der Waals surface area contributed by atoms with Gasteiger partial charge in [-0.25, -0.2) is 8.42 Å². The van der Waals surface area contributed by atoms with E-state index in [0.717, 1.165) is 16.3 Å². The van der Waals surface area contributed by atoms with Gasteiger partial charge in [-0.3, -0.25) is 9.52 Å². The number of nitrogens with zero attached hydrogens (tertiary/aromatic N) is 1. The summed E-state index contributed by atoms with van der Waals surface area (Å²) in [6, 6.07) is 19.6. The standard InChI is InChI=1S/C22H22N2O4S/c25-22(24-11-13-28-14-12-24)15-17-5-8-20(9-6-17)23-29(26,27)21-10-7-18-3-1-2-4-19(18)16-21/h1-10,16,23H,11-15H2. The fourth-order valence-electron chi connectivity index (χ4n) is 3.34. The first-order valence-electron chi connectivity index (χ1n) is 9.47. The molecule has 0 bridgehead atoms.